The van der Waals surface area contributed by atoms with E-state index in [2.05, 4.69) is 15.6 Å². The number of hydrogen-bond acceptors (Lipinski definition) is 4. The standard InChI is InChI=1S/C22H21ClF2N4O2S/c1-13-7-21-17(8-19(13)23)18(11-26)22(29(21)15-3-2-4-15)20-6-5-16(12-27-20)32(30,31)28-14(9-24)10-25/h5-8,12,14-15,28H,2-4,9-10H2,1H3. The van der Waals surface area contributed by atoms with Crippen molar-refractivity contribution >= 4 is 32.5 Å². The van der Waals surface area contributed by atoms with Crippen molar-refractivity contribution in [2.45, 2.75) is 43.2 Å². The minimum Gasteiger partial charge on any atom is -0.335 e. The molecule has 168 valence electrons. The van der Waals surface area contributed by atoms with Gasteiger partial charge in [0.25, 0.3) is 0 Å². The highest BCUT2D eigenvalue weighted by Gasteiger charge is 2.29. The van der Waals surface area contributed by atoms with Crippen LogP contribution in [0.2, 0.25) is 5.02 Å². The number of halogens is 3. The Balaban J connectivity index is 1.84. The van der Waals surface area contributed by atoms with Crippen LogP contribution < -0.4 is 4.72 Å². The van der Waals surface area contributed by atoms with Crippen LogP contribution >= 0.6 is 11.6 Å². The van der Waals surface area contributed by atoms with Gasteiger partial charge in [-0.3, -0.25) is 4.98 Å². The summed E-state index contributed by atoms with van der Waals surface area (Å²) in [7, 11) is -4.14. The molecular formula is C22H21ClF2N4O2S. The summed E-state index contributed by atoms with van der Waals surface area (Å²) in [5.41, 5.74) is 3.24. The van der Waals surface area contributed by atoms with Gasteiger partial charge in [-0.1, -0.05) is 11.6 Å². The molecule has 0 unspecified atom stereocenters. The zero-order chi connectivity index (χ0) is 23.0. The Morgan fingerprint density at radius 3 is 2.56 bits per heavy atom. The molecule has 1 aliphatic rings. The van der Waals surface area contributed by atoms with Gasteiger partial charge in [0.15, 0.2) is 0 Å². The normalized spacial score (nSPS) is 14.6. The Labute approximate surface area is 189 Å². The van der Waals surface area contributed by atoms with E-state index in [0.29, 0.717) is 22.0 Å². The third-order valence-electron chi connectivity index (χ3n) is 5.82. The first kappa shape index (κ1) is 22.6. The van der Waals surface area contributed by atoms with E-state index in [1.807, 2.05) is 17.7 Å². The van der Waals surface area contributed by atoms with Gasteiger partial charge in [0.1, 0.15) is 24.3 Å². The number of sulfonamides is 1. The number of nitrogens with zero attached hydrogens (tertiary/aromatic N) is 3. The second kappa shape index (κ2) is 8.77. The van der Waals surface area contributed by atoms with Crippen molar-refractivity contribution in [2.24, 2.45) is 0 Å². The number of hydrogen-bond donors (Lipinski definition) is 1. The van der Waals surface area contributed by atoms with Gasteiger partial charge in [0.05, 0.1) is 28.5 Å². The molecule has 1 aromatic carbocycles. The summed E-state index contributed by atoms with van der Waals surface area (Å²) in [5, 5.41) is 11.2. The molecular weight excluding hydrogens is 458 g/mol. The second-order valence-corrected chi connectivity index (χ2v) is 10.0. The lowest BCUT2D eigenvalue weighted by Crippen LogP contribution is -2.37. The van der Waals surface area contributed by atoms with E-state index in [0.717, 1.165) is 41.9 Å². The highest BCUT2D eigenvalue weighted by Crippen LogP contribution is 2.43. The SMILES string of the molecule is Cc1cc2c(cc1Cl)c(C#N)c(-c1ccc(S(=O)(=O)NC(CF)CF)cn1)n2C1CCC1. The maximum absolute atomic E-state index is 12.8. The first-order valence-electron chi connectivity index (χ1n) is 10.2. The molecule has 0 atom stereocenters. The van der Waals surface area contributed by atoms with Crippen LogP contribution in [0.25, 0.3) is 22.3 Å². The highest BCUT2D eigenvalue weighted by atomic mass is 35.5. The van der Waals surface area contributed by atoms with Crippen molar-refractivity contribution in [3.8, 4) is 17.5 Å². The van der Waals surface area contributed by atoms with Gasteiger partial charge < -0.3 is 4.57 Å². The van der Waals surface area contributed by atoms with Gasteiger partial charge in [-0.2, -0.15) is 5.26 Å². The smallest absolute Gasteiger partial charge is 0.242 e. The van der Waals surface area contributed by atoms with Crippen LogP contribution in [0.1, 0.15) is 36.4 Å². The van der Waals surface area contributed by atoms with Gasteiger partial charge in [-0.25, -0.2) is 21.9 Å². The predicted octanol–water partition coefficient (Wildman–Crippen LogP) is 4.85. The Hall–Kier alpha value is -2.54. The molecule has 1 aliphatic carbocycles. The maximum atomic E-state index is 12.8. The molecule has 0 aliphatic heterocycles. The van der Waals surface area contributed by atoms with E-state index < -0.39 is 29.4 Å². The number of nitrogens with one attached hydrogen (secondary N) is 1. The second-order valence-electron chi connectivity index (χ2n) is 7.91. The number of benzene rings is 1. The lowest BCUT2D eigenvalue weighted by atomic mass is 9.92. The summed E-state index contributed by atoms with van der Waals surface area (Å²) in [4.78, 5) is 4.10. The van der Waals surface area contributed by atoms with Crippen LogP contribution in [0.3, 0.4) is 0 Å². The number of alkyl halides is 2. The van der Waals surface area contributed by atoms with E-state index >= 15 is 0 Å². The zero-order valence-corrected chi connectivity index (χ0v) is 18.8. The zero-order valence-electron chi connectivity index (χ0n) is 17.3. The van der Waals surface area contributed by atoms with Crippen LogP contribution in [0.15, 0.2) is 35.4 Å². The monoisotopic (exact) mass is 478 g/mol. The maximum Gasteiger partial charge on any atom is 0.242 e. The largest absolute Gasteiger partial charge is 0.335 e. The molecule has 2 heterocycles. The molecule has 0 saturated heterocycles. The van der Waals surface area contributed by atoms with Crippen molar-refractivity contribution in [3.05, 3.63) is 46.6 Å². The molecule has 1 fully saturated rings. The molecule has 3 aromatic rings. The summed E-state index contributed by atoms with van der Waals surface area (Å²) in [6.07, 6.45) is 4.15. The van der Waals surface area contributed by atoms with Crippen molar-refractivity contribution < 1.29 is 17.2 Å². The van der Waals surface area contributed by atoms with Crippen molar-refractivity contribution in [1.82, 2.24) is 14.3 Å². The lowest BCUT2D eigenvalue weighted by molar-refractivity contribution is 0.324. The highest BCUT2D eigenvalue weighted by molar-refractivity contribution is 7.89. The van der Waals surface area contributed by atoms with Crippen LogP contribution in [-0.4, -0.2) is 37.4 Å². The number of rotatable bonds is 7. The van der Waals surface area contributed by atoms with Crippen LogP contribution in [0.4, 0.5) is 8.78 Å². The molecule has 10 heteroatoms. The fourth-order valence-electron chi connectivity index (χ4n) is 3.89. The first-order chi connectivity index (χ1) is 15.3. The van der Waals surface area contributed by atoms with Crippen LogP contribution in [-0.2, 0) is 10.0 Å². The molecule has 6 nitrogen and oxygen atoms in total. The minimum atomic E-state index is -4.14. The minimum absolute atomic E-state index is 0.205. The third kappa shape index (κ3) is 3.87. The van der Waals surface area contributed by atoms with Crippen molar-refractivity contribution in [3.63, 3.8) is 0 Å². The molecule has 4 rings (SSSR count). The molecule has 0 spiro atoms. The van der Waals surface area contributed by atoms with Crippen molar-refractivity contribution in [1.29, 1.82) is 5.26 Å². The number of aromatic nitrogens is 2. The molecule has 0 radical (unpaired) electrons. The lowest BCUT2D eigenvalue weighted by Gasteiger charge is -2.30. The van der Waals surface area contributed by atoms with E-state index in [4.69, 9.17) is 11.6 Å². The average molecular weight is 479 g/mol. The Bertz CT molecular complexity index is 1310. The van der Waals surface area contributed by atoms with Crippen LogP contribution in [0, 0.1) is 18.3 Å². The molecule has 2 aromatic heterocycles. The van der Waals surface area contributed by atoms with E-state index in [9.17, 15) is 22.5 Å². The average Bonchev–Trinajstić information content (AvgIpc) is 3.04. The predicted molar refractivity (Wildman–Crippen MR) is 119 cm³/mol. The van der Waals surface area contributed by atoms with Gasteiger partial charge in [0.2, 0.25) is 10.0 Å². The fraction of sp³-hybridized carbons (Fsp3) is 0.364. The number of nitriles is 1. The van der Waals surface area contributed by atoms with Gasteiger partial charge in [-0.15, -0.1) is 0 Å². The molecule has 32 heavy (non-hydrogen) atoms. The number of aryl methyl sites for hydroxylation is 1. The van der Waals surface area contributed by atoms with E-state index in [1.165, 1.54) is 12.1 Å². The fourth-order valence-corrected chi connectivity index (χ4v) is 5.20. The van der Waals surface area contributed by atoms with Gasteiger partial charge in [0, 0.05) is 22.6 Å². The molecule has 1 N–H and O–H groups in total. The molecule has 1 saturated carbocycles. The van der Waals surface area contributed by atoms with Crippen molar-refractivity contribution in [2.75, 3.05) is 13.3 Å². The Kier molecular flexibility index (Phi) is 6.21. The molecule has 0 bridgehead atoms. The summed E-state index contributed by atoms with van der Waals surface area (Å²) in [6, 6.07) is 7.58. The molecule has 0 amide bonds. The number of fused-ring (bicyclic) bond motifs is 1. The topological polar surface area (TPSA) is 87.8 Å². The van der Waals surface area contributed by atoms with Gasteiger partial charge in [-0.05, 0) is 56.0 Å². The summed E-state index contributed by atoms with van der Waals surface area (Å²) < 4.78 is 54.4. The summed E-state index contributed by atoms with van der Waals surface area (Å²) in [6.45, 7) is -0.412. The van der Waals surface area contributed by atoms with Crippen LogP contribution in [0.5, 0.6) is 0 Å². The Morgan fingerprint density at radius 2 is 2.03 bits per heavy atom. The number of pyridine rings is 1. The summed E-state index contributed by atoms with van der Waals surface area (Å²) >= 11 is 6.33. The third-order valence-corrected chi connectivity index (χ3v) is 7.73. The van der Waals surface area contributed by atoms with E-state index in [-0.39, 0.29) is 10.9 Å². The van der Waals surface area contributed by atoms with E-state index in [1.54, 1.807) is 6.07 Å². The summed E-state index contributed by atoms with van der Waals surface area (Å²) in [5.74, 6) is 0. The Morgan fingerprint density at radius 1 is 1.31 bits per heavy atom. The quantitative estimate of drug-likeness (QED) is 0.526. The first-order valence-corrected chi connectivity index (χ1v) is 12.0. The van der Waals surface area contributed by atoms with Gasteiger partial charge >= 0.3 is 0 Å².